The van der Waals surface area contributed by atoms with Crippen LogP contribution in [0.1, 0.15) is 25.7 Å². The molecule has 1 fully saturated rings. The van der Waals surface area contributed by atoms with Gasteiger partial charge in [-0.3, -0.25) is 0 Å². The fraction of sp³-hybridized carbons (Fsp3) is 0.818. The zero-order valence-electron chi connectivity index (χ0n) is 11.4. The molecule has 1 rings (SSSR count). The molecule has 1 saturated carbocycles. The first-order valence-corrected chi connectivity index (χ1v) is 6.13. The Labute approximate surface area is 127 Å². The normalized spacial score (nSPS) is 19.0. The van der Waals surface area contributed by atoms with Crippen molar-refractivity contribution >= 4 is 12.4 Å². The third-order valence-corrected chi connectivity index (χ3v) is 3.50. The minimum absolute atomic E-state index is 0.193. The van der Waals surface area contributed by atoms with Crippen molar-refractivity contribution in [1.82, 2.24) is 0 Å². The van der Waals surface area contributed by atoms with Crippen molar-refractivity contribution in [2.45, 2.75) is 55.4 Å². The topological polar surface area (TPSA) is 52.6 Å². The Morgan fingerprint density at radius 2 is 1.29 bits per heavy atom. The Morgan fingerprint density at radius 3 is 1.58 bits per heavy atom. The van der Waals surface area contributed by atoms with Gasteiger partial charge in [0.2, 0.25) is 5.60 Å². The average molecular weight is 375 g/mol. The van der Waals surface area contributed by atoms with Gasteiger partial charge in [0.05, 0.1) is 0 Å². The van der Waals surface area contributed by atoms with Gasteiger partial charge >= 0.3 is 36.6 Å². The molecule has 0 N–H and O–H groups in total. The van der Waals surface area contributed by atoms with E-state index in [0.717, 1.165) is 0 Å². The van der Waals surface area contributed by atoms with Gasteiger partial charge in [-0.25, -0.2) is 9.59 Å². The molecule has 0 aromatic heterocycles. The van der Waals surface area contributed by atoms with Gasteiger partial charge < -0.3 is 9.47 Å². The summed E-state index contributed by atoms with van der Waals surface area (Å²) in [5.41, 5.74) is -9.42. The van der Waals surface area contributed by atoms with Crippen molar-refractivity contribution in [3.05, 3.63) is 0 Å². The minimum atomic E-state index is -6.62. The van der Waals surface area contributed by atoms with Crippen molar-refractivity contribution in [2.24, 2.45) is 0 Å². The summed E-state index contributed by atoms with van der Waals surface area (Å²) in [5, 5.41) is 0. The first-order chi connectivity index (χ1) is 10.6. The van der Waals surface area contributed by atoms with Gasteiger partial charge in [0.15, 0.2) is 0 Å². The van der Waals surface area contributed by atoms with Crippen LogP contribution < -0.4 is 0 Å². The van der Waals surface area contributed by atoms with Gasteiger partial charge in [0.1, 0.15) is 0 Å². The molecular formula is C11H8F9O4. The van der Waals surface area contributed by atoms with Gasteiger partial charge in [0.25, 0.3) is 0 Å². The third kappa shape index (κ3) is 3.11. The van der Waals surface area contributed by atoms with Crippen molar-refractivity contribution in [2.75, 3.05) is 0 Å². The highest BCUT2D eigenvalue weighted by molar-refractivity contribution is 5.83. The van der Waals surface area contributed by atoms with Crippen LogP contribution >= 0.6 is 0 Å². The highest BCUT2D eigenvalue weighted by atomic mass is 19.4. The number of halogens is 9. The number of hydrogen-bond acceptors (Lipinski definition) is 4. The summed E-state index contributed by atoms with van der Waals surface area (Å²) in [4.78, 5) is 21.4. The van der Waals surface area contributed by atoms with E-state index >= 15 is 0 Å². The van der Waals surface area contributed by atoms with E-state index in [-0.39, 0.29) is 19.3 Å². The lowest BCUT2D eigenvalue weighted by molar-refractivity contribution is -0.360. The number of carbonyl (C=O) groups excluding carboxylic acids is 2. The minimum Gasteiger partial charge on any atom is -0.446 e. The maximum Gasteiger partial charge on any atom is 0.449 e. The largest absolute Gasteiger partial charge is 0.449 e. The Balaban J connectivity index is 3.39. The highest BCUT2D eigenvalue weighted by Crippen LogP contribution is 2.51. The van der Waals surface area contributed by atoms with Gasteiger partial charge in [-0.2, -0.15) is 39.5 Å². The van der Waals surface area contributed by atoms with Crippen LogP contribution in [-0.4, -0.2) is 42.2 Å². The maximum absolute atomic E-state index is 13.0. The predicted octanol–water partition coefficient (Wildman–Crippen LogP) is 3.35. The molecule has 0 aromatic carbocycles. The quantitative estimate of drug-likeness (QED) is 0.559. The van der Waals surface area contributed by atoms with Crippen LogP contribution in [0.15, 0.2) is 0 Å². The predicted molar refractivity (Wildman–Crippen MR) is 55.0 cm³/mol. The van der Waals surface area contributed by atoms with E-state index in [2.05, 4.69) is 9.47 Å². The number of rotatable bonds is 4. The Hall–Kier alpha value is -1.69. The summed E-state index contributed by atoms with van der Waals surface area (Å²) in [7, 11) is 0. The molecule has 0 saturated heterocycles. The number of hydrogen-bond donors (Lipinski definition) is 0. The zero-order valence-corrected chi connectivity index (χ0v) is 11.4. The summed E-state index contributed by atoms with van der Waals surface area (Å²) in [6.45, 7) is -0.193. The molecule has 0 heterocycles. The number of ether oxygens (including phenoxy) is 2. The van der Waals surface area contributed by atoms with E-state index in [0.29, 0.717) is 0 Å². The van der Waals surface area contributed by atoms with Crippen LogP contribution in [0.2, 0.25) is 0 Å². The maximum atomic E-state index is 13.0. The van der Waals surface area contributed by atoms with Crippen molar-refractivity contribution in [3.8, 4) is 0 Å². The summed E-state index contributed by atoms with van der Waals surface area (Å²) in [6, 6.07) is 0. The molecule has 1 aliphatic rings. The van der Waals surface area contributed by atoms with E-state index in [1.807, 2.05) is 0 Å². The fourth-order valence-electron chi connectivity index (χ4n) is 2.25. The molecule has 0 amide bonds. The molecule has 0 spiro atoms. The van der Waals surface area contributed by atoms with E-state index in [1.54, 1.807) is 0 Å². The van der Waals surface area contributed by atoms with Crippen LogP contribution in [-0.2, 0) is 19.1 Å². The lowest BCUT2D eigenvalue weighted by atomic mass is 9.98. The highest BCUT2D eigenvalue weighted by Gasteiger charge is 2.81. The first kappa shape index (κ1) is 20.4. The molecule has 0 atom stereocenters. The lowest BCUT2D eigenvalue weighted by Crippen LogP contribution is -2.66. The smallest absolute Gasteiger partial charge is 0.446 e. The molecule has 0 aliphatic heterocycles. The molecule has 1 radical (unpaired) electrons. The molecule has 1 aliphatic carbocycles. The second-order valence-corrected chi connectivity index (χ2v) is 4.95. The molecule has 139 valence electrons. The van der Waals surface area contributed by atoms with E-state index < -0.39 is 48.5 Å². The zero-order chi connectivity index (χ0) is 19.0. The van der Waals surface area contributed by atoms with Crippen molar-refractivity contribution in [1.29, 1.82) is 0 Å². The number of carbonyl (C=O) groups is 1. The Bertz CT molecular complexity index is 471. The van der Waals surface area contributed by atoms with Gasteiger partial charge in [-0.15, -0.1) is 0 Å². The Kier molecular flexibility index (Phi) is 5.08. The van der Waals surface area contributed by atoms with Crippen LogP contribution in [0.5, 0.6) is 0 Å². The van der Waals surface area contributed by atoms with Crippen molar-refractivity contribution < 1.29 is 58.6 Å². The summed E-state index contributed by atoms with van der Waals surface area (Å²) in [5.74, 6) is -3.43. The molecule has 0 unspecified atom stereocenters. The molecular weight excluding hydrogens is 367 g/mol. The summed E-state index contributed by atoms with van der Waals surface area (Å²) in [6.07, 6.45) is -21.2. The standard InChI is InChI=1S/C11H8F9O4/c12-9(13,14)7(3-1-2-4-7)24-6(22)8(23-5-21,10(15,16)17)11(18,19)20/h1-4H2. The molecule has 0 aromatic rings. The first-order valence-electron chi connectivity index (χ1n) is 6.13. The lowest BCUT2D eigenvalue weighted by Gasteiger charge is -2.37. The monoisotopic (exact) mass is 375 g/mol. The van der Waals surface area contributed by atoms with E-state index in [1.165, 1.54) is 0 Å². The average Bonchev–Trinajstić information content (AvgIpc) is 2.81. The number of esters is 1. The molecule has 0 bridgehead atoms. The van der Waals surface area contributed by atoms with Crippen molar-refractivity contribution in [3.63, 3.8) is 0 Å². The van der Waals surface area contributed by atoms with Crippen LogP contribution in [0, 0.1) is 0 Å². The van der Waals surface area contributed by atoms with Crippen LogP contribution in [0.4, 0.5) is 39.5 Å². The van der Waals surface area contributed by atoms with Gasteiger partial charge in [-0.1, -0.05) is 0 Å². The number of alkyl halides is 9. The molecule has 4 nitrogen and oxygen atoms in total. The summed E-state index contributed by atoms with van der Waals surface area (Å²) >= 11 is 0. The molecule has 24 heavy (non-hydrogen) atoms. The van der Waals surface area contributed by atoms with Gasteiger partial charge in [0, 0.05) is 0 Å². The van der Waals surface area contributed by atoms with Crippen LogP contribution in [0.25, 0.3) is 0 Å². The second-order valence-electron chi connectivity index (χ2n) is 4.95. The summed E-state index contributed by atoms with van der Waals surface area (Å²) < 4.78 is 122. The second kappa shape index (κ2) is 5.99. The molecule has 13 heteroatoms. The van der Waals surface area contributed by atoms with E-state index in [4.69, 9.17) is 0 Å². The Morgan fingerprint density at radius 1 is 0.875 bits per heavy atom. The van der Waals surface area contributed by atoms with E-state index in [9.17, 15) is 49.1 Å². The SMILES string of the molecule is O=[C]OC(C(=O)OC1(C(F)(F)F)CCCC1)(C(F)(F)F)C(F)(F)F. The fourth-order valence-corrected chi connectivity index (χ4v) is 2.25. The third-order valence-electron chi connectivity index (χ3n) is 3.50. The van der Waals surface area contributed by atoms with Gasteiger partial charge in [-0.05, 0) is 25.7 Å². The van der Waals surface area contributed by atoms with Crippen LogP contribution in [0.3, 0.4) is 0 Å².